The van der Waals surface area contributed by atoms with Gasteiger partial charge in [-0.2, -0.15) is 0 Å². The number of anilines is 1. The number of carbonyl (C=O) groups excluding carboxylic acids is 2. The number of ether oxygens (including phenoxy) is 2. The lowest BCUT2D eigenvalue weighted by molar-refractivity contribution is -0.140. The van der Waals surface area contributed by atoms with Crippen LogP contribution < -0.4 is 9.64 Å². The van der Waals surface area contributed by atoms with Crippen molar-refractivity contribution in [3.63, 3.8) is 0 Å². The van der Waals surface area contributed by atoms with E-state index in [9.17, 15) is 9.59 Å². The van der Waals surface area contributed by atoms with Gasteiger partial charge in [0, 0.05) is 11.0 Å². The van der Waals surface area contributed by atoms with Gasteiger partial charge in [-0.15, -0.1) is 0 Å². The number of esters is 1. The molecule has 2 rings (SSSR count). The first-order valence-electron chi connectivity index (χ1n) is 5.52. The molecule has 19 heavy (non-hydrogen) atoms. The Hall–Kier alpha value is -1.27. The average molecular weight is 349 g/mol. The number of benzene rings is 1. The van der Waals surface area contributed by atoms with Crippen molar-refractivity contribution in [3.05, 3.63) is 21.6 Å². The second-order valence-corrected chi connectivity index (χ2v) is 5.16. The number of hydrogen-bond donors (Lipinski definition) is 0. The van der Waals surface area contributed by atoms with E-state index in [0.717, 1.165) is 0 Å². The first kappa shape index (κ1) is 14.1. The second kappa shape index (κ2) is 5.79. The van der Waals surface area contributed by atoms with E-state index in [0.29, 0.717) is 20.9 Å². The molecule has 0 unspecified atom stereocenters. The lowest BCUT2D eigenvalue weighted by Gasteiger charge is -2.29. The van der Waals surface area contributed by atoms with Gasteiger partial charge in [0.05, 0.1) is 24.2 Å². The summed E-state index contributed by atoms with van der Waals surface area (Å²) in [4.78, 5) is 24.5. The van der Waals surface area contributed by atoms with Gasteiger partial charge >= 0.3 is 5.97 Å². The Kier molecular flexibility index (Phi) is 4.31. The van der Waals surface area contributed by atoms with Crippen LogP contribution in [0.15, 0.2) is 16.6 Å². The zero-order valence-electron chi connectivity index (χ0n) is 10.1. The molecule has 1 heterocycles. The third-order valence-electron chi connectivity index (χ3n) is 2.71. The highest BCUT2D eigenvalue weighted by Gasteiger charge is 2.27. The molecule has 1 aliphatic heterocycles. The van der Waals surface area contributed by atoms with Crippen LogP contribution >= 0.6 is 27.5 Å². The van der Waals surface area contributed by atoms with Crippen LogP contribution in [0.5, 0.6) is 5.75 Å². The Morgan fingerprint density at radius 2 is 2.32 bits per heavy atom. The average Bonchev–Trinajstić information content (AvgIpc) is 2.39. The van der Waals surface area contributed by atoms with Crippen LogP contribution in [0.1, 0.15) is 6.42 Å². The highest BCUT2D eigenvalue weighted by atomic mass is 79.9. The molecule has 1 aromatic rings. The maximum atomic E-state index is 11.8. The van der Waals surface area contributed by atoms with E-state index in [1.807, 2.05) is 0 Å². The minimum Gasteiger partial charge on any atom is -0.482 e. The van der Waals surface area contributed by atoms with Crippen LogP contribution in [-0.2, 0) is 14.3 Å². The largest absolute Gasteiger partial charge is 0.482 e. The number of carbonyl (C=O) groups is 2. The van der Waals surface area contributed by atoms with Gasteiger partial charge in [-0.3, -0.25) is 9.59 Å². The maximum Gasteiger partial charge on any atom is 0.307 e. The molecule has 0 spiro atoms. The standard InChI is InChI=1S/C12H11BrClNO4/c1-18-12(17)2-3-15-9-5-8(14)7(13)4-10(9)19-6-11(15)16/h4-5H,2-3,6H2,1H3. The molecule has 102 valence electrons. The SMILES string of the molecule is COC(=O)CCN1C(=O)COc2cc(Br)c(Cl)cc21. The van der Waals surface area contributed by atoms with Crippen molar-refractivity contribution in [3.8, 4) is 5.75 Å². The molecule has 7 heteroatoms. The molecule has 0 atom stereocenters. The first-order valence-corrected chi connectivity index (χ1v) is 6.69. The van der Waals surface area contributed by atoms with Crippen LogP contribution in [-0.4, -0.2) is 32.1 Å². The molecular weight excluding hydrogens is 337 g/mol. The van der Waals surface area contributed by atoms with E-state index in [1.165, 1.54) is 12.0 Å². The summed E-state index contributed by atoms with van der Waals surface area (Å²) in [6.07, 6.45) is 0.120. The van der Waals surface area contributed by atoms with Crippen molar-refractivity contribution in [2.45, 2.75) is 6.42 Å². The second-order valence-electron chi connectivity index (χ2n) is 3.89. The van der Waals surface area contributed by atoms with E-state index < -0.39 is 0 Å². The van der Waals surface area contributed by atoms with Crippen molar-refractivity contribution in [2.75, 3.05) is 25.2 Å². The predicted molar refractivity (Wildman–Crippen MR) is 73.6 cm³/mol. The maximum absolute atomic E-state index is 11.8. The number of fused-ring (bicyclic) bond motifs is 1. The summed E-state index contributed by atoms with van der Waals surface area (Å²) in [5, 5.41) is 0.472. The van der Waals surface area contributed by atoms with Crippen molar-refractivity contribution in [1.82, 2.24) is 0 Å². The number of rotatable bonds is 3. The summed E-state index contributed by atoms with van der Waals surface area (Å²) in [6, 6.07) is 3.34. The molecule has 0 bridgehead atoms. The minimum atomic E-state index is -0.371. The highest BCUT2D eigenvalue weighted by molar-refractivity contribution is 9.10. The quantitative estimate of drug-likeness (QED) is 0.787. The Bertz CT molecular complexity index is 535. The fourth-order valence-electron chi connectivity index (χ4n) is 1.75. The fourth-order valence-corrected chi connectivity index (χ4v) is 2.23. The summed E-state index contributed by atoms with van der Waals surface area (Å²) in [5.74, 6) is -0.0282. The molecular formula is C12H11BrClNO4. The minimum absolute atomic E-state index is 0.0533. The van der Waals surface area contributed by atoms with Gasteiger partial charge < -0.3 is 14.4 Å². The molecule has 0 aliphatic carbocycles. The molecule has 0 aromatic heterocycles. The third-order valence-corrected chi connectivity index (χ3v) is 3.91. The van der Waals surface area contributed by atoms with Crippen molar-refractivity contribution in [2.24, 2.45) is 0 Å². The van der Waals surface area contributed by atoms with Gasteiger partial charge in [0.25, 0.3) is 5.91 Å². The number of amides is 1. The topological polar surface area (TPSA) is 55.8 Å². The van der Waals surface area contributed by atoms with E-state index in [2.05, 4.69) is 20.7 Å². The van der Waals surface area contributed by atoms with Gasteiger partial charge in [0.15, 0.2) is 6.61 Å². The number of methoxy groups -OCH3 is 1. The van der Waals surface area contributed by atoms with E-state index in [-0.39, 0.29) is 31.4 Å². The third kappa shape index (κ3) is 3.01. The number of hydrogen-bond acceptors (Lipinski definition) is 4. The molecule has 0 saturated heterocycles. The zero-order chi connectivity index (χ0) is 14.0. The van der Waals surface area contributed by atoms with Crippen LogP contribution in [0, 0.1) is 0 Å². The summed E-state index contributed by atoms with van der Waals surface area (Å²) >= 11 is 9.31. The van der Waals surface area contributed by atoms with Crippen molar-refractivity contribution in [1.29, 1.82) is 0 Å². The molecule has 1 aliphatic rings. The summed E-state index contributed by atoms with van der Waals surface area (Å²) in [5.41, 5.74) is 0.563. The van der Waals surface area contributed by atoms with Crippen molar-refractivity contribution < 1.29 is 19.1 Å². The Labute approximate surface area is 123 Å². The fraction of sp³-hybridized carbons (Fsp3) is 0.333. The summed E-state index contributed by atoms with van der Waals surface area (Å²) < 4.78 is 10.6. The molecule has 0 radical (unpaired) electrons. The van der Waals surface area contributed by atoms with Gasteiger partial charge in [0.2, 0.25) is 0 Å². The normalized spacial score (nSPS) is 13.8. The van der Waals surface area contributed by atoms with E-state index in [1.54, 1.807) is 12.1 Å². The monoisotopic (exact) mass is 347 g/mol. The van der Waals surface area contributed by atoms with Crippen LogP contribution in [0.4, 0.5) is 5.69 Å². The molecule has 1 aromatic carbocycles. The smallest absolute Gasteiger partial charge is 0.307 e. The Morgan fingerprint density at radius 1 is 1.58 bits per heavy atom. The number of halogens is 2. The lowest BCUT2D eigenvalue weighted by atomic mass is 10.2. The Balaban J connectivity index is 2.27. The summed E-state index contributed by atoms with van der Waals surface area (Å²) in [6.45, 7) is 0.183. The molecule has 1 amide bonds. The van der Waals surface area contributed by atoms with Gasteiger partial charge in [-0.05, 0) is 28.1 Å². The van der Waals surface area contributed by atoms with Crippen LogP contribution in [0.2, 0.25) is 5.02 Å². The predicted octanol–water partition coefficient (Wildman–Crippen LogP) is 2.39. The highest BCUT2D eigenvalue weighted by Crippen LogP contribution is 2.38. The molecule has 0 saturated carbocycles. The van der Waals surface area contributed by atoms with Crippen LogP contribution in [0.3, 0.4) is 0 Å². The van der Waals surface area contributed by atoms with Crippen LogP contribution in [0.25, 0.3) is 0 Å². The first-order chi connectivity index (χ1) is 9.02. The van der Waals surface area contributed by atoms with E-state index in [4.69, 9.17) is 16.3 Å². The molecule has 5 nitrogen and oxygen atoms in total. The lowest BCUT2D eigenvalue weighted by Crippen LogP contribution is -2.40. The summed E-state index contributed by atoms with van der Waals surface area (Å²) in [7, 11) is 1.31. The molecule has 0 N–H and O–H groups in total. The van der Waals surface area contributed by atoms with Gasteiger partial charge in [0.1, 0.15) is 5.75 Å². The molecule has 0 fully saturated rings. The van der Waals surface area contributed by atoms with E-state index >= 15 is 0 Å². The zero-order valence-corrected chi connectivity index (χ0v) is 12.5. The number of nitrogens with zero attached hydrogens (tertiary/aromatic N) is 1. The van der Waals surface area contributed by atoms with Gasteiger partial charge in [-0.25, -0.2) is 0 Å². The van der Waals surface area contributed by atoms with Crippen molar-refractivity contribution >= 4 is 45.1 Å². The Morgan fingerprint density at radius 3 is 3.00 bits per heavy atom. The van der Waals surface area contributed by atoms with Gasteiger partial charge in [-0.1, -0.05) is 11.6 Å².